The summed E-state index contributed by atoms with van der Waals surface area (Å²) in [7, 11) is 0. The Morgan fingerprint density at radius 3 is 2.95 bits per heavy atom. The van der Waals surface area contributed by atoms with Crippen molar-refractivity contribution < 1.29 is 14.7 Å². The van der Waals surface area contributed by atoms with Crippen LogP contribution in [0.2, 0.25) is 5.02 Å². The minimum atomic E-state index is -0.282. The van der Waals surface area contributed by atoms with Gasteiger partial charge >= 0.3 is 0 Å². The Bertz CT molecular complexity index is 604. The van der Waals surface area contributed by atoms with E-state index in [-0.39, 0.29) is 24.5 Å². The number of carbonyl (C=O) groups is 2. The Labute approximate surface area is 121 Å². The summed E-state index contributed by atoms with van der Waals surface area (Å²) in [6.07, 6.45) is 0.291. The summed E-state index contributed by atoms with van der Waals surface area (Å²) >= 11 is 6.02. The fourth-order valence-electron chi connectivity index (χ4n) is 1.87. The molecule has 1 aromatic carbocycles. The van der Waals surface area contributed by atoms with Crippen molar-refractivity contribution in [3.63, 3.8) is 0 Å². The Hall–Kier alpha value is -2.03. The molecule has 20 heavy (non-hydrogen) atoms. The highest BCUT2D eigenvalue weighted by Gasteiger charge is 2.23. The van der Waals surface area contributed by atoms with E-state index in [1.165, 1.54) is 6.07 Å². The molecule has 0 bridgehead atoms. The molecule has 1 saturated heterocycles. The average molecular weight is 293 g/mol. The van der Waals surface area contributed by atoms with Gasteiger partial charge in [-0.1, -0.05) is 23.4 Å². The van der Waals surface area contributed by atoms with E-state index in [1.807, 2.05) is 0 Å². The van der Waals surface area contributed by atoms with Crippen LogP contribution in [0.1, 0.15) is 22.3 Å². The summed E-state index contributed by atoms with van der Waals surface area (Å²) < 4.78 is 0. The molecule has 2 amide bonds. The van der Waals surface area contributed by atoms with Gasteiger partial charge in [0.15, 0.2) is 0 Å². The highest BCUT2D eigenvalue weighted by molar-refractivity contribution is 6.32. The summed E-state index contributed by atoms with van der Waals surface area (Å²) in [6.45, 7) is 0.194. The van der Waals surface area contributed by atoms with Gasteiger partial charge < -0.3 is 15.7 Å². The predicted molar refractivity (Wildman–Crippen MR) is 74.3 cm³/mol. The monoisotopic (exact) mass is 292 g/mol. The van der Waals surface area contributed by atoms with E-state index in [0.29, 0.717) is 29.1 Å². The van der Waals surface area contributed by atoms with E-state index in [1.54, 1.807) is 12.1 Å². The summed E-state index contributed by atoms with van der Waals surface area (Å²) in [6, 6.07) is 4.55. The van der Waals surface area contributed by atoms with Crippen LogP contribution in [0.15, 0.2) is 18.2 Å². The number of benzene rings is 1. The van der Waals surface area contributed by atoms with Gasteiger partial charge in [0.25, 0.3) is 5.91 Å². The number of nitrogens with one attached hydrogen (secondary N) is 2. The zero-order valence-corrected chi connectivity index (χ0v) is 11.3. The lowest BCUT2D eigenvalue weighted by molar-refractivity contribution is -0.119. The molecule has 0 saturated carbocycles. The molecule has 1 fully saturated rings. The molecule has 104 valence electrons. The van der Waals surface area contributed by atoms with Crippen LogP contribution < -0.4 is 10.6 Å². The normalized spacial score (nSPS) is 17.1. The second kappa shape index (κ2) is 6.42. The minimum absolute atomic E-state index is 0.0667. The molecule has 1 aliphatic heterocycles. The number of aliphatic hydroxyl groups is 1. The fraction of sp³-hybridized carbons (Fsp3) is 0.286. The standard InChI is InChI=1S/C14H13ClN2O3/c15-12-6-10(4-3-9(12)2-1-5-18)14(20)17-11-7-13(19)16-8-11/h3-4,6,11,18H,5,7-8H2,(H,16,19)(H,17,20). The molecule has 5 nitrogen and oxygen atoms in total. The maximum Gasteiger partial charge on any atom is 0.251 e. The summed E-state index contributed by atoms with van der Waals surface area (Å²) in [5.41, 5.74) is 0.957. The number of carbonyl (C=O) groups excluding carboxylic acids is 2. The highest BCUT2D eigenvalue weighted by Crippen LogP contribution is 2.17. The first-order chi connectivity index (χ1) is 9.60. The summed E-state index contributed by atoms with van der Waals surface area (Å²) in [4.78, 5) is 23.1. The third kappa shape index (κ3) is 3.50. The lowest BCUT2D eigenvalue weighted by Gasteiger charge is -2.10. The van der Waals surface area contributed by atoms with Gasteiger partial charge in [-0.15, -0.1) is 0 Å². The number of rotatable bonds is 2. The molecule has 1 unspecified atom stereocenters. The van der Waals surface area contributed by atoms with Crippen LogP contribution in [0.25, 0.3) is 0 Å². The fourth-order valence-corrected chi connectivity index (χ4v) is 2.10. The molecule has 0 radical (unpaired) electrons. The zero-order valence-electron chi connectivity index (χ0n) is 10.6. The van der Waals surface area contributed by atoms with Gasteiger partial charge in [0.05, 0.1) is 11.1 Å². The van der Waals surface area contributed by atoms with Gasteiger partial charge in [-0.25, -0.2) is 0 Å². The Balaban J connectivity index is 2.07. The molecular weight excluding hydrogens is 280 g/mol. The maximum atomic E-state index is 12.0. The van der Waals surface area contributed by atoms with Crippen LogP contribution in [0.4, 0.5) is 0 Å². The topological polar surface area (TPSA) is 78.4 Å². The summed E-state index contributed by atoms with van der Waals surface area (Å²) in [5.74, 6) is 4.83. The molecule has 1 aromatic rings. The second-order valence-electron chi connectivity index (χ2n) is 4.33. The molecule has 0 spiro atoms. The predicted octanol–water partition coefficient (Wildman–Crippen LogP) is 0.302. The molecule has 1 heterocycles. The Morgan fingerprint density at radius 2 is 2.35 bits per heavy atom. The first kappa shape index (κ1) is 14.4. The van der Waals surface area contributed by atoms with Crippen LogP contribution >= 0.6 is 11.6 Å². The number of halogens is 1. The van der Waals surface area contributed by atoms with Gasteiger partial charge in [-0.3, -0.25) is 9.59 Å². The summed E-state index contributed by atoms with van der Waals surface area (Å²) in [5, 5.41) is 14.4. The van der Waals surface area contributed by atoms with E-state index in [0.717, 1.165) is 0 Å². The van der Waals surface area contributed by atoms with E-state index >= 15 is 0 Å². The van der Waals surface area contributed by atoms with Crippen molar-refractivity contribution in [3.05, 3.63) is 34.3 Å². The smallest absolute Gasteiger partial charge is 0.251 e. The van der Waals surface area contributed by atoms with Crippen LogP contribution in [-0.2, 0) is 4.79 Å². The zero-order chi connectivity index (χ0) is 14.5. The van der Waals surface area contributed by atoms with Crippen molar-refractivity contribution in [1.29, 1.82) is 0 Å². The molecule has 1 aliphatic rings. The van der Waals surface area contributed by atoms with Crippen molar-refractivity contribution in [2.75, 3.05) is 13.2 Å². The first-order valence-electron chi connectivity index (χ1n) is 6.07. The quantitative estimate of drug-likeness (QED) is 0.686. The highest BCUT2D eigenvalue weighted by atomic mass is 35.5. The molecule has 6 heteroatoms. The molecule has 0 aliphatic carbocycles. The van der Waals surface area contributed by atoms with Gasteiger partial charge in [-0.2, -0.15) is 0 Å². The van der Waals surface area contributed by atoms with Crippen molar-refractivity contribution in [2.24, 2.45) is 0 Å². The third-order valence-corrected chi connectivity index (χ3v) is 3.16. The number of amides is 2. The van der Waals surface area contributed by atoms with Crippen molar-refractivity contribution in [1.82, 2.24) is 10.6 Å². The first-order valence-corrected chi connectivity index (χ1v) is 6.45. The van der Waals surface area contributed by atoms with Crippen LogP contribution in [0.5, 0.6) is 0 Å². The SMILES string of the molecule is O=C1CC(NC(=O)c2ccc(C#CCO)c(Cl)c2)CN1. The van der Waals surface area contributed by atoms with Gasteiger partial charge in [-0.05, 0) is 18.2 Å². The third-order valence-electron chi connectivity index (χ3n) is 2.85. The second-order valence-corrected chi connectivity index (χ2v) is 4.74. The van der Waals surface area contributed by atoms with E-state index in [4.69, 9.17) is 16.7 Å². The van der Waals surface area contributed by atoms with Crippen LogP contribution in [-0.4, -0.2) is 36.1 Å². The van der Waals surface area contributed by atoms with Gasteiger partial charge in [0.2, 0.25) is 5.91 Å². The maximum absolute atomic E-state index is 12.0. The van der Waals surface area contributed by atoms with Crippen LogP contribution in [0, 0.1) is 11.8 Å². The van der Waals surface area contributed by atoms with E-state index in [9.17, 15) is 9.59 Å². The van der Waals surface area contributed by atoms with Gasteiger partial charge in [0.1, 0.15) is 6.61 Å². The van der Waals surface area contributed by atoms with E-state index < -0.39 is 0 Å². The lowest BCUT2D eigenvalue weighted by Crippen LogP contribution is -2.36. The van der Waals surface area contributed by atoms with Gasteiger partial charge in [0, 0.05) is 24.1 Å². The minimum Gasteiger partial charge on any atom is -0.384 e. The Kier molecular flexibility index (Phi) is 4.61. The van der Waals surface area contributed by atoms with Crippen molar-refractivity contribution in [2.45, 2.75) is 12.5 Å². The Morgan fingerprint density at radius 1 is 1.55 bits per heavy atom. The van der Waals surface area contributed by atoms with Crippen molar-refractivity contribution >= 4 is 23.4 Å². The van der Waals surface area contributed by atoms with E-state index in [2.05, 4.69) is 22.5 Å². The molecule has 3 N–H and O–H groups in total. The number of hydrogen-bond acceptors (Lipinski definition) is 3. The lowest BCUT2D eigenvalue weighted by atomic mass is 10.1. The molecular formula is C14H13ClN2O3. The number of aliphatic hydroxyl groups excluding tert-OH is 1. The molecule has 1 atom stereocenters. The average Bonchev–Trinajstić information content (AvgIpc) is 2.82. The largest absolute Gasteiger partial charge is 0.384 e. The molecule has 0 aromatic heterocycles. The molecule has 2 rings (SSSR count). The van der Waals surface area contributed by atoms with Crippen molar-refractivity contribution in [3.8, 4) is 11.8 Å². The number of hydrogen-bond donors (Lipinski definition) is 3. The van der Waals surface area contributed by atoms with Crippen LogP contribution in [0.3, 0.4) is 0 Å².